The van der Waals surface area contributed by atoms with Gasteiger partial charge in [-0.2, -0.15) is 0 Å². The standard InChI is InChI=1S/C8H7N3O2S/c1-11-3-2-9-6(11)4-5-7(12)10-8(13)14-5/h2-4H,1H3,(H,10,12,13)/b5-4-. The Bertz CT molecular complexity index is 436. The van der Waals surface area contributed by atoms with Crippen molar-refractivity contribution in [3.05, 3.63) is 23.1 Å². The molecule has 1 aromatic rings. The third-order valence-corrected chi connectivity index (χ3v) is 2.57. The maximum Gasteiger partial charge on any atom is 0.290 e. The summed E-state index contributed by atoms with van der Waals surface area (Å²) in [6, 6.07) is 0. The minimum Gasteiger partial charge on any atom is -0.335 e. The number of nitrogens with zero attached hydrogens (tertiary/aromatic N) is 2. The van der Waals surface area contributed by atoms with E-state index in [9.17, 15) is 9.59 Å². The lowest BCUT2D eigenvalue weighted by atomic mass is 10.4. The molecule has 0 unspecified atom stereocenters. The molecule has 1 saturated heterocycles. The maximum absolute atomic E-state index is 11.2. The maximum atomic E-state index is 11.2. The zero-order valence-corrected chi connectivity index (χ0v) is 8.17. The minimum atomic E-state index is -0.358. The van der Waals surface area contributed by atoms with Crippen molar-refractivity contribution in [2.45, 2.75) is 0 Å². The Morgan fingerprint density at radius 2 is 2.36 bits per heavy atom. The lowest BCUT2D eigenvalue weighted by Crippen LogP contribution is -2.17. The number of carbonyl (C=O) groups is 2. The summed E-state index contributed by atoms with van der Waals surface area (Å²) in [6.07, 6.45) is 4.99. The predicted octanol–water partition coefficient (Wildman–Crippen LogP) is 0.744. The molecule has 0 atom stereocenters. The molecular weight excluding hydrogens is 202 g/mol. The lowest BCUT2D eigenvalue weighted by Gasteiger charge is -1.94. The van der Waals surface area contributed by atoms with Gasteiger partial charge in [-0.3, -0.25) is 14.9 Å². The van der Waals surface area contributed by atoms with Crippen molar-refractivity contribution in [2.75, 3.05) is 0 Å². The first kappa shape index (κ1) is 9.01. The summed E-state index contributed by atoms with van der Waals surface area (Å²) in [7, 11) is 1.82. The van der Waals surface area contributed by atoms with Crippen molar-refractivity contribution >= 4 is 29.0 Å². The second-order valence-electron chi connectivity index (χ2n) is 2.75. The van der Waals surface area contributed by atoms with E-state index in [1.807, 2.05) is 7.05 Å². The molecule has 0 spiro atoms. The van der Waals surface area contributed by atoms with Crippen molar-refractivity contribution in [1.29, 1.82) is 0 Å². The molecule has 0 radical (unpaired) electrons. The van der Waals surface area contributed by atoms with Gasteiger partial charge in [-0.15, -0.1) is 0 Å². The molecule has 1 aliphatic heterocycles. The monoisotopic (exact) mass is 209 g/mol. The predicted molar refractivity (Wildman–Crippen MR) is 52.3 cm³/mol. The summed E-state index contributed by atoms with van der Waals surface area (Å²) in [5.74, 6) is 0.292. The van der Waals surface area contributed by atoms with Gasteiger partial charge in [0.15, 0.2) is 0 Å². The van der Waals surface area contributed by atoms with Crippen LogP contribution in [0.4, 0.5) is 4.79 Å². The van der Waals surface area contributed by atoms with Crippen LogP contribution in [-0.4, -0.2) is 20.7 Å². The number of nitrogens with one attached hydrogen (secondary N) is 1. The Labute approximate surface area is 84.2 Å². The van der Waals surface area contributed by atoms with E-state index >= 15 is 0 Å². The van der Waals surface area contributed by atoms with Gasteiger partial charge in [0.25, 0.3) is 11.1 Å². The SMILES string of the molecule is Cn1ccnc1/C=C1\SC(=O)NC1=O. The second kappa shape index (κ2) is 3.30. The van der Waals surface area contributed by atoms with Crippen molar-refractivity contribution in [1.82, 2.24) is 14.9 Å². The summed E-state index contributed by atoms with van der Waals surface area (Å²) < 4.78 is 1.77. The third kappa shape index (κ3) is 1.56. The Balaban J connectivity index is 2.32. The molecule has 0 saturated carbocycles. The average molecular weight is 209 g/mol. The molecule has 14 heavy (non-hydrogen) atoms. The van der Waals surface area contributed by atoms with Gasteiger partial charge in [-0.25, -0.2) is 4.98 Å². The van der Waals surface area contributed by atoms with Gasteiger partial charge in [-0.05, 0) is 11.8 Å². The molecule has 0 aliphatic carbocycles. The second-order valence-corrected chi connectivity index (χ2v) is 3.76. The Kier molecular flexibility index (Phi) is 2.12. The number of aromatic nitrogens is 2. The molecule has 1 N–H and O–H groups in total. The minimum absolute atomic E-state index is 0.338. The summed E-state index contributed by atoms with van der Waals surface area (Å²) in [5.41, 5.74) is 0. The first-order chi connectivity index (χ1) is 6.66. The van der Waals surface area contributed by atoms with Crippen LogP contribution in [0.5, 0.6) is 0 Å². The summed E-state index contributed by atoms with van der Waals surface area (Å²) in [4.78, 5) is 26.4. The Morgan fingerprint density at radius 3 is 2.86 bits per heavy atom. The molecule has 2 rings (SSSR count). The van der Waals surface area contributed by atoms with E-state index in [0.29, 0.717) is 10.7 Å². The molecule has 72 valence electrons. The highest BCUT2D eigenvalue weighted by molar-refractivity contribution is 8.18. The van der Waals surface area contributed by atoms with E-state index in [0.717, 1.165) is 11.8 Å². The van der Waals surface area contributed by atoms with Crippen molar-refractivity contribution in [3.63, 3.8) is 0 Å². The van der Waals surface area contributed by atoms with E-state index < -0.39 is 0 Å². The lowest BCUT2D eigenvalue weighted by molar-refractivity contribution is -0.115. The van der Waals surface area contributed by atoms with Crippen molar-refractivity contribution < 1.29 is 9.59 Å². The molecule has 0 aromatic carbocycles. The summed E-state index contributed by atoms with van der Waals surface area (Å²) in [5, 5.41) is 1.84. The van der Waals surface area contributed by atoms with Crippen molar-refractivity contribution in [2.24, 2.45) is 7.05 Å². The van der Waals surface area contributed by atoms with E-state index in [-0.39, 0.29) is 11.1 Å². The smallest absolute Gasteiger partial charge is 0.290 e. The van der Waals surface area contributed by atoms with Gasteiger partial charge >= 0.3 is 0 Å². The molecule has 2 heterocycles. The Morgan fingerprint density at radius 1 is 1.57 bits per heavy atom. The zero-order valence-electron chi connectivity index (χ0n) is 7.35. The van der Waals surface area contributed by atoms with Crippen LogP contribution >= 0.6 is 11.8 Å². The molecule has 1 fully saturated rings. The van der Waals surface area contributed by atoms with Crippen LogP contribution in [0.25, 0.3) is 6.08 Å². The fraction of sp³-hybridized carbons (Fsp3) is 0.125. The number of carbonyl (C=O) groups excluding carboxylic acids is 2. The fourth-order valence-corrected chi connectivity index (χ4v) is 1.71. The molecular formula is C8H7N3O2S. The molecule has 5 nitrogen and oxygen atoms in total. The molecule has 1 aromatic heterocycles. The molecule has 0 bridgehead atoms. The van der Waals surface area contributed by atoms with Gasteiger partial charge in [0.05, 0.1) is 4.91 Å². The van der Waals surface area contributed by atoms with Crippen LogP contribution in [0.2, 0.25) is 0 Å². The fourth-order valence-electron chi connectivity index (χ4n) is 1.05. The number of aryl methyl sites for hydroxylation is 1. The third-order valence-electron chi connectivity index (χ3n) is 1.76. The summed E-state index contributed by atoms with van der Waals surface area (Å²) in [6.45, 7) is 0. The largest absolute Gasteiger partial charge is 0.335 e. The molecule has 6 heteroatoms. The number of imide groups is 1. The number of hydrogen-bond donors (Lipinski definition) is 1. The average Bonchev–Trinajstić information content (AvgIpc) is 2.62. The molecule has 1 aliphatic rings. The number of hydrogen-bond acceptors (Lipinski definition) is 4. The summed E-state index contributed by atoms with van der Waals surface area (Å²) >= 11 is 0.889. The van der Waals surface area contributed by atoms with Crippen LogP contribution in [0, 0.1) is 0 Å². The van der Waals surface area contributed by atoms with Crippen LogP contribution in [0.15, 0.2) is 17.3 Å². The van der Waals surface area contributed by atoms with E-state index in [1.54, 1.807) is 23.0 Å². The highest BCUT2D eigenvalue weighted by atomic mass is 32.2. The number of rotatable bonds is 1. The van der Waals surface area contributed by atoms with E-state index in [2.05, 4.69) is 10.3 Å². The first-order valence-electron chi connectivity index (χ1n) is 3.89. The highest BCUT2D eigenvalue weighted by Gasteiger charge is 2.25. The van der Waals surface area contributed by atoms with Gasteiger partial charge < -0.3 is 4.57 Å². The quantitative estimate of drug-likeness (QED) is 0.693. The number of thioether (sulfide) groups is 1. The Hall–Kier alpha value is -1.56. The molecule has 2 amide bonds. The first-order valence-corrected chi connectivity index (χ1v) is 4.70. The van der Waals surface area contributed by atoms with Crippen molar-refractivity contribution in [3.8, 4) is 0 Å². The zero-order chi connectivity index (χ0) is 10.1. The normalized spacial score (nSPS) is 19.1. The van der Waals surface area contributed by atoms with Crippen LogP contribution in [0.3, 0.4) is 0 Å². The van der Waals surface area contributed by atoms with Gasteiger partial charge in [-0.1, -0.05) is 0 Å². The van der Waals surface area contributed by atoms with E-state index in [4.69, 9.17) is 0 Å². The van der Waals surface area contributed by atoms with Gasteiger partial charge in [0, 0.05) is 25.5 Å². The van der Waals surface area contributed by atoms with E-state index in [1.165, 1.54) is 0 Å². The number of imidazole rings is 1. The highest BCUT2D eigenvalue weighted by Crippen LogP contribution is 2.24. The van der Waals surface area contributed by atoms with Crippen LogP contribution in [0.1, 0.15) is 5.82 Å². The van der Waals surface area contributed by atoms with Crippen LogP contribution < -0.4 is 5.32 Å². The topological polar surface area (TPSA) is 64.0 Å². The van der Waals surface area contributed by atoms with Crippen LogP contribution in [-0.2, 0) is 11.8 Å². The van der Waals surface area contributed by atoms with Gasteiger partial charge in [0.1, 0.15) is 5.82 Å². The van der Waals surface area contributed by atoms with Gasteiger partial charge in [0.2, 0.25) is 0 Å². The number of amides is 2.